The molecule has 4 rings (SSSR count). The number of likely N-dealkylation sites (N-methyl/N-ethyl adjacent to an activating group) is 1. The molecule has 182 valence electrons. The molecule has 3 unspecified atom stereocenters. The molecule has 1 saturated carbocycles. The summed E-state index contributed by atoms with van der Waals surface area (Å²) < 4.78 is 5.52. The summed E-state index contributed by atoms with van der Waals surface area (Å²) in [5.74, 6) is 1.32. The van der Waals surface area contributed by atoms with Gasteiger partial charge in [0.25, 0.3) is 0 Å². The van der Waals surface area contributed by atoms with Crippen molar-refractivity contribution in [3.63, 3.8) is 0 Å². The molecule has 1 fully saturated rings. The van der Waals surface area contributed by atoms with Gasteiger partial charge in [0.2, 0.25) is 0 Å². The van der Waals surface area contributed by atoms with Gasteiger partial charge in [-0.25, -0.2) is 0 Å². The summed E-state index contributed by atoms with van der Waals surface area (Å²) in [4.78, 5) is 2.39. The number of hydrogen-bond donors (Lipinski definition) is 1. The largest absolute Gasteiger partial charge is 0.497 e. The predicted octanol–water partition coefficient (Wildman–Crippen LogP) is 6.45. The summed E-state index contributed by atoms with van der Waals surface area (Å²) in [6, 6.07) is 29.4. The zero-order valence-electron chi connectivity index (χ0n) is 20.4. The third-order valence-electron chi connectivity index (χ3n) is 7.34. The first-order chi connectivity index (χ1) is 16.1. The quantitative estimate of drug-likeness (QED) is 0.376. The zero-order chi connectivity index (χ0) is 23.1. The lowest BCUT2D eigenvalue weighted by Gasteiger charge is -2.39. The normalized spacial score (nSPS) is 22.6. The van der Waals surface area contributed by atoms with E-state index >= 15 is 0 Å². The van der Waals surface area contributed by atoms with Gasteiger partial charge in [-0.2, -0.15) is 0 Å². The topological polar surface area (TPSA) is 32.7 Å². The third-order valence-corrected chi connectivity index (χ3v) is 7.34. The number of benzene rings is 3. The molecule has 0 bridgehead atoms. The van der Waals surface area contributed by atoms with Gasteiger partial charge in [0.1, 0.15) is 5.75 Å². The molecule has 34 heavy (non-hydrogen) atoms. The van der Waals surface area contributed by atoms with Crippen LogP contribution in [0.15, 0.2) is 84.9 Å². The lowest BCUT2D eigenvalue weighted by atomic mass is 9.74. The van der Waals surface area contributed by atoms with Crippen molar-refractivity contribution in [3.05, 3.63) is 102 Å². The summed E-state index contributed by atoms with van der Waals surface area (Å²) >= 11 is 0. The van der Waals surface area contributed by atoms with Crippen molar-refractivity contribution in [3.8, 4) is 5.75 Å². The highest BCUT2D eigenvalue weighted by Gasteiger charge is 2.43. The molecule has 3 aromatic rings. The maximum atomic E-state index is 12.4. The monoisotopic (exact) mass is 479 g/mol. The number of methoxy groups -OCH3 is 1. The molecule has 0 aliphatic heterocycles. The van der Waals surface area contributed by atoms with Gasteiger partial charge in [-0.05, 0) is 67.5 Å². The van der Waals surface area contributed by atoms with Crippen LogP contribution in [0.5, 0.6) is 5.75 Å². The third kappa shape index (κ3) is 6.41. The van der Waals surface area contributed by atoms with Crippen LogP contribution in [0.2, 0.25) is 0 Å². The van der Waals surface area contributed by atoms with Gasteiger partial charge >= 0.3 is 0 Å². The summed E-state index contributed by atoms with van der Waals surface area (Å²) in [6.45, 7) is 1.86. The van der Waals surface area contributed by atoms with Crippen LogP contribution in [0.1, 0.15) is 48.3 Å². The molecular weight excluding hydrogens is 442 g/mol. The number of aliphatic hydroxyl groups is 1. The highest BCUT2D eigenvalue weighted by molar-refractivity contribution is 5.85. The Kier molecular flexibility index (Phi) is 9.58. The van der Waals surface area contributed by atoms with Crippen molar-refractivity contribution >= 4 is 12.4 Å². The van der Waals surface area contributed by atoms with Gasteiger partial charge in [-0.15, -0.1) is 12.4 Å². The number of hydrogen-bond acceptors (Lipinski definition) is 3. The molecule has 3 aromatic carbocycles. The Bertz CT molecular complexity index is 997. The molecule has 3 atom stereocenters. The van der Waals surface area contributed by atoms with Gasteiger partial charge in [0.15, 0.2) is 0 Å². The van der Waals surface area contributed by atoms with Gasteiger partial charge in [0.05, 0.1) is 12.7 Å². The molecule has 1 aliphatic carbocycles. The van der Waals surface area contributed by atoms with Crippen LogP contribution in [0.25, 0.3) is 0 Å². The Morgan fingerprint density at radius 2 is 1.65 bits per heavy atom. The Labute approximate surface area is 211 Å². The van der Waals surface area contributed by atoms with Crippen molar-refractivity contribution in [1.29, 1.82) is 0 Å². The predicted molar refractivity (Wildman–Crippen MR) is 143 cm³/mol. The molecule has 0 radical (unpaired) electrons. The lowest BCUT2D eigenvalue weighted by molar-refractivity contribution is -0.0439. The van der Waals surface area contributed by atoms with E-state index in [1.165, 1.54) is 11.1 Å². The Morgan fingerprint density at radius 3 is 2.35 bits per heavy atom. The first-order valence-corrected chi connectivity index (χ1v) is 12.2. The summed E-state index contributed by atoms with van der Waals surface area (Å²) in [7, 11) is 3.88. The molecule has 3 nitrogen and oxygen atoms in total. The van der Waals surface area contributed by atoms with E-state index in [9.17, 15) is 5.11 Å². The minimum Gasteiger partial charge on any atom is -0.497 e. The highest BCUT2D eigenvalue weighted by Crippen LogP contribution is 2.46. The molecule has 1 aliphatic rings. The maximum Gasteiger partial charge on any atom is 0.119 e. The van der Waals surface area contributed by atoms with Crippen molar-refractivity contribution in [1.82, 2.24) is 4.90 Å². The van der Waals surface area contributed by atoms with Crippen LogP contribution < -0.4 is 4.74 Å². The molecule has 0 amide bonds. The Morgan fingerprint density at radius 1 is 0.941 bits per heavy atom. The van der Waals surface area contributed by atoms with E-state index in [0.29, 0.717) is 5.92 Å². The number of halogens is 1. The van der Waals surface area contributed by atoms with Crippen LogP contribution in [-0.4, -0.2) is 37.3 Å². The SMILES string of the molecule is COc1cccc(C2(O)CC(c3ccccc3)CCCC2CN(C)CCc2ccccc2)c1.Cl. The molecule has 0 heterocycles. The van der Waals surface area contributed by atoms with Crippen LogP contribution >= 0.6 is 12.4 Å². The minimum atomic E-state index is -0.896. The fourth-order valence-electron chi connectivity index (χ4n) is 5.42. The van der Waals surface area contributed by atoms with E-state index in [1.54, 1.807) is 7.11 Å². The average molecular weight is 480 g/mol. The van der Waals surface area contributed by atoms with E-state index in [1.807, 2.05) is 18.2 Å². The molecular formula is C30H38ClNO2. The van der Waals surface area contributed by atoms with E-state index in [0.717, 1.165) is 56.5 Å². The number of ether oxygens (including phenoxy) is 1. The molecule has 0 aromatic heterocycles. The van der Waals surface area contributed by atoms with Gasteiger partial charge in [-0.1, -0.05) is 79.2 Å². The van der Waals surface area contributed by atoms with Gasteiger partial charge < -0.3 is 14.7 Å². The van der Waals surface area contributed by atoms with Crippen molar-refractivity contribution in [2.45, 2.75) is 43.6 Å². The van der Waals surface area contributed by atoms with Crippen LogP contribution in [0.4, 0.5) is 0 Å². The van der Waals surface area contributed by atoms with E-state index in [-0.39, 0.29) is 18.3 Å². The fraction of sp³-hybridized carbons (Fsp3) is 0.400. The number of rotatable bonds is 8. The second-order valence-electron chi connectivity index (χ2n) is 9.59. The Hall–Kier alpha value is -2.33. The van der Waals surface area contributed by atoms with Gasteiger partial charge in [0, 0.05) is 19.0 Å². The summed E-state index contributed by atoms with van der Waals surface area (Å²) in [5, 5.41) is 12.4. The Balaban J connectivity index is 0.00000324. The van der Waals surface area contributed by atoms with E-state index in [4.69, 9.17) is 4.74 Å². The zero-order valence-corrected chi connectivity index (χ0v) is 21.2. The minimum absolute atomic E-state index is 0. The van der Waals surface area contributed by atoms with E-state index in [2.05, 4.69) is 78.7 Å². The van der Waals surface area contributed by atoms with Crippen LogP contribution in [0.3, 0.4) is 0 Å². The van der Waals surface area contributed by atoms with Crippen LogP contribution in [0, 0.1) is 5.92 Å². The standard InChI is InChI=1S/C30H37NO2.ClH/c1-31(20-19-24-11-5-3-6-12-24)23-28-17-9-15-26(25-13-7-4-8-14-25)22-30(28,32)27-16-10-18-29(21-27)33-2;/h3-8,10-14,16,18,21,26,28,32H,9,15,17,19-20,22-23H2,1-2H3;1H. The number of nitrogens with zero attached hydrogens (tertiary/aromatic N) is 1. The first-order valence-electron chi connectivity index (χ1n) is 12.2. The lowest BCUT2D eigenvalue weighted by Crippen LogP contribution is -2.42. The van der Waals surface area contributed by atoms with Crippen LogP contribution in [-0.2, 0) is 12.0 Å². The second kappa shape index (κ2) is 12.4. The average Bonchev–Trinajstić information content (AvgIpc) is 3.03. The van der Waals surface area contributed by atoms with Crippen molar-refractivity contribution in [2.24, 2.45) is 5.92 Å². The highest BCUT2D eigenvalue weighted by atomic mass is 35.5. The summed E-state index contributed by atoms with van der Waals surface area (Å²) in [6.07, 6.45) is 5.02. The molecule has 0 spiro atoms. The second-order valence-corrected chi connectivity index (χ2v) is 9.59. The maximum absolute atomic E-state index is 12.4. The van der Waals surface area contributed by atoms with Gasteiger partial charge in [-0.3, -0.25) is 0 Å². The fourth-order valence-corrected chi connectivity index (χ4v) is 5.42. The molecule has 1 N–H and O–H groups in total. The van der Waals surface area contributed by atoms with E-state index < -0.39 is 5.60 Å². The summed E-state index contributed by atoms with van der Waals surface area (Å²) in [5.41, 5.74) is 2.77. The first kappa shape index (κ1) is 26.3. The smallest absolute Gasteiger partial charge is 0.119 e. The van der Waals surface area contributed by atoms with Crippen molar-refractivity contribution in [2.75, 3.05) is 27.2 Å². The molecule has 0 saturated heterocycles. The molecule has 4 heteroatoms. The van der Waals surface area contributed by atoms with Crippen molar-refractivity contribution < 1.29 is 9.84 Å².